The van der Waals surface area contributed by atoms with Crippen molar-refractivity contribution in [2.24, 2.45) is 7.05 Å². The predicted molar refractivity (Wildman–Crippen MR) is 69.2 cm³/mol. The summed E-state index contributed by atoms with van der Waals surface area (Å²) in [4.78, 5) is 11.2. The Morgan fingerprint density at radius 3 is 3.06 bits per heavy atom. The van der Waals surface area contributed by atoms with Crippen LogP contribution in [0.2, 0.25) is 5.02 Å². The number of fused-ring (bicyclic) bond motifs is 1. The molecule has 0 aliphatic rings. The Balaban J connectivity index is 2.35. The van der Waals surface area contributed by atoms with Gasteiger partial charge in [0.25, 0.3) is 0 Å². The number of rotatable bonds is 3. The first-order chi connectivity index (χ1) is 8.63. The van der Waals surface area contributed by atoms with Crippen molar-refractivity contribution in [1.82, 2.24) is 15.0 Å². The molecule has 94 valence electrons. The van der Waals surface area contributed by atoms with Crippen molar-refractivity contribution in [2.45, 2.75) is 6.92 Å². The van der Waals surface area contributed by atoms with Gasteiger partial charge in [0.2, 0.25) is 0 Å². The molecule has 1 aromatic heterocycles. The number of ether oxygens (including phenoxy) is 1. The summed E-state index contributed by atoms with van der Waals surface area (Å²) in [5.41, 5.74) is 2.16. The third kappa shape index (κ3) is 2.36. The topological polar surface area (TPSA) is 57.0 Å². The highest BCUT2D eigenvalue weighted by Crippen LogP contribution is 2.26. The number of benzene rings is 1. The second-order valence-corrected chi connectivity index (χ2v) is 4.01. The summed E-state index contributed by atoms with van der Waals surface area (Å²) in [5.74, 6) is -0.396. The molecule has 0 N–H and O–H groups in total. The molecular weight excluding hydrogens is 254 g/mol. The summed E-state index contributed by atoms with van der Waals surface area (Å²) in [7, 11) is 1.79. The molecule has 2 aromatic rings. The van der Waals surface area contributed by atoms with E-state index in [1.165, 1.54) is 6.08 Å². The number of aryl methyl sites for hydroxylation is 1. The Hall–Kier alpha value is -1.88. The van der Waals surface area contributed by atoms with E-state index in [0.717, 1.165) is 5.52 Å². The molecule has 0 spiro atoms. The van der Waals surface area contributed by atoms with Crippen LogP contribution in [-0.4, -0.2) is 27.6 Å². The van der Waals surface area contributed by atoms with E-state index in [0.29, 0.717) is 22.7 Å². The highest BCUT2D eigenvalue weighted by atomic mass is 35.5. The van der Waals surface area contributed by atoms with Crippen LogP contribution in [0.25, 0.3) is 17.1 Å². The van der Waals surface area contributed by atoms with Gasteiger partial charge in [-0.15, -0.1) is 5.10 Å². The molecule has 1 aromatic carbocycles. The van der Waals surface area contributed by atoms with E-state index >= 15 is 0 Å². The molecule has 0 unspecified atom stereocenters. The lowest BCUT2D eigenvalue weighted by Crippen LogP contribution is -1.98. The summed E-state index contributed by atoms with van der Waals surface area (Å²) in [6, 6.07) is 3.66. The van der Waals surface area contributed by atoms with Crippen molar-refractivity contribution in [2.75, 3.05) is 6.61 Å². The second-order valence-electron chi connectivity index (χ2n) is 3.63. The fraction of sp³-hybridized carbons (Fsp3) is 0.250. The second kappa shape index (κ2) is 5.18. The summed E-state index contributed by atoms with van der Waals surface area (Å²) < 4.78 is 6.43. The van der Waals surface area contributed by atoms with Gasteiger partial charge in [-0.2, -0.15) is 0 Å². The van der Waals surface area contributed by atoms with Gasteiger partial charge in [0, 0.05) is 13.1 Å². The van der Waals surface area contributed by atoms with E-state index in [1.807, 2.05) is 12.1 Å². The van der Waals surface area contributed by atoms with Gasteiger partial charge >= 0.3 is 5.97 Å². The quantitative estimate of drug-likeness (QED) is 0.631. The first-order valence-corrected chi connectivity index (χ1v) is 5.84. The summed E-state index contributed by atoms with van der Waals surface area (Å²) in [5, 5.41) is 8.33. The molecule has 0 saturated heterocycles. The normalized spacial score (nSPS) is 11.3. The Morgan fingerprint density at radius 2 is 2.33 bits per heavy atom. The fourth-order valence-corrected chi connectivity index (χ4v) is 1.82. The maximum atomic E-state index is 11.2. The molecule has 0 bridgehead atoms. The van der Waals surface area contributed by atoms with Crippen molar-refractivity contribution in [3.8, 4) is 0 Å². The molecule has 1 heterocycles. The number of carbonyl (C=O) groups excluding carboxylic acids is 1. The van der Waals surface area contributed by atoms with Crippen LogP contribution >= 0.6 is 11.6 Å². The number of hydrogen-bond donors (Lipinski definition) is 0. The molecule has 0 amide bonds. The first kappa shape index (κ1) is 12.6. The third-order valence-corrected chi connectivity index (χ3v) is 2.84. The van der Waals surface area contributed by atoms with E-state index in [9.17, 15) is 4.79 Å². The van der Waals surface area contributed by atoms with Gasteiger partial charge in [0.1, 0.15) is 5.52 Å². The smallest absolute Gasteiger partial charge is 0.330 e. The van der Waals surface area contributed by atoms with Crippen molar-refractivity contribution >= 4 is 34.7 Å². The van der Waals surface area contributed by atoms with Gasteiger partial charge in [0.15, 0.2) is 0 Å². The standard InChI is InChI=1S/C12H12ClN3O2/c1-3-18-10(17)7-5-8-4-6-9-12(11(8)13)14-15-16(9)2/h4-7H,3H2,1-2H3/b7-5+. The van der Waals surface area contributed by atoms with Crippen LogP contribution in [0.1, 0.15) is 12.5 Å². The van der Waals surface area contributed by atoms with E-state index in [1.54, 1.807) is 24.7 Å². The predicted octanol–water partition coefficient (Wildman–Crippen LogP) is 2.20. The minimum atomic E-state index is -0.396. The van der Waals surface area contributed by atoms with E-state index in [4.69, 9.17) is 16.3 Å². The fourth-order valence-electron chi connectivity index (χ4n) is 1.56. The largest absolute Gasteiger partial charge is 0.463 e. The van der Waals surface area contributed by atoms with Crippen molar-refractivity contribution in [3.05, 3.63) is 28.8 Å². The average Bonchev–Trinajstić information content (AvgIpc) is 2.72. The maximum Gasteiger partial charge on any atom is 0.330 e. The van der Waals surface area contributed by atoms with Gasteiger partial charge in [-0.3, -0.25) is 0 Å². The number of esters is 1. The Bertz CT molecular complexity index is 619. The molecule has 5 nitrogen and oxygen atoms in total. The lowest BCUT2D eigenvalue weighted by atomic mass is 10.2. The van der Waals surface area contributed by atoms with Crippen LogP contribution in [0.5, 0.6) is 0 Å². The molecule has 0 atom stereocenters. The minimum absolute atomic E-state index is 0.347. The highest BCUT2D eigenvalue weighted by molar-refractivity contribution is 6.36. The van der Waals surface area contributed by atoms with Crippen LogP contribution < -0.4 is 0 Å². The zero-order chi connectivity index (χ0) is 13.1. The van der Waals surface area contributed by atoms with Gasteiger partial charge < -0.3 is 4.74 Å². The molecule has 0 aliphatic heterocycles. The Labute approximate surface area is 109 Å². The number of carbonyl (C=O) groups is 1. The van der Waals surface area contributed by atoms with Gasteiger partial charge in [-0.1, -0.05) is 22.9 Å². The monoisotopic (exact) mass is 265 g/mol. The Morgan fingerprint density at radius 1 is 1.56 bits per heavy atom. The van der Waals surface area contributed by atoms with Crippen molar-refractivity contribution in [1.29, 1.82) is 0 Å². The third-order valence-electron chi connectivity index (χ3n) is 2.44. The lowest BCUT2D eigenvalue weighted by molar-refractivity contribution is -0.137. The lowest BCUT2D eigenvalue weighted by Gasteiger charge is -1.99. The molecule has 0 saturated carbocycles. The number of aromatic nitrogens is 3. The van der Waals surface area contributed by atoms with Crippen LogP contribution in [0.15, 0.2) is 18.2 Å². The SMILES string of the molecule is CCOC(=O)/C=C/c1ccc2c(nnn2C)c1Cl. The first-order valence-electron chi connectivity index (χ1n) is 5.46. The van der Waals surface area contributed by atoms with Crippen LogP contribution in [0.3, 0.4) is 0 Å². The molecule has 0 fully saturated rings. The van der Waals surface area contributed by atoms with Crippen LogP contribution in [0, 0.1) is 0 Å². The van der Waals surface area contributed by atoms with Gasteiger partial charge in [-0.05, 0) is 24.6 Å². The number of hydrogen-bond acceptors (Lipinski definition) is 4. The van der Waals surface area contributed by atoms with E-state index < -0.39 is 5.97 Å². The van der Waals surface area contributed by atoms with Crippen LogP contribution in [0.4, 0.5) is 0 Å². The molecule has 0 radical (unpaired) electrons. The van der Waals surface area contributed by atoms with Crippen molar-refractivity contribution in [3.63, 3.8) is 0 Å². The molecule has 2 rings (SSSR count). The molecular formula is C12H12ClN3O2. The summed E-state index contributed by atoms with van der Waals surface area (Å²) in [6.45, 7) is 2.10. The number of halogens is 1. The Kier molecular flexibility index (Phi) is 3.62. The zero-order valence-corrected chi connectivity index (χ0v) is 10.8. The van der Waals surface area contributed by atoms with Crippen LogP contribution in [-0.2, 0) is 16.6 Å². The highest BCUT2D eigenvalue weighted by Gasteiger charge is 2.08. The zero-order valence-electron chi connectivity index (χ0n) is 10.1. The molecule has 6 heteroatoms. The summed E-state index contributed by atoms with van der Waals surface area (Å²) >= 11 is 6.20. The maximum absolute atomic E-state index is 11.2. The van der Waals surface area contributed by atoms with Gasteiger partial charge in [-0.25, -0.2) is 9.48 Å². The minimum Gasteiger partial charge on any atom is -0.463 e. The molecule has 18 heavy (non-hydrogen) atoms. The van der Waals surface area contributed by atoms with E-state index in [2.05, 4.69) is 10.3 Å². The number of nitrogens with zero attached hydrogens (tertiary/aromatic N) is 3. The molecule has 0 aliphatic carbocycles. The van der Waals surface area contributed by atoms with Crippen molar-refractivity contribution < 1.29 is 9.53 Å². The average molecular weight is 266 g/mol. The summed E-state index contributed by atoms with van der Waals surface area (Å²) in [6.07, 6.45) is 2.95. The van der Waals surface area contributed by atoms with E-state index in [-0.39, 0.29) is 0 Å². The van der Waals surface area contributed by atoms with Gasteiger partial charge in [0.05, 0.1) is 17.1 Å².